The Bertz CT molecular complexity index is 6120. The van der Waals surface area contributed by atoms with Crippen molar-refractivity contribution >= 4 is 58.0 Å². The van der Waals surface area contributed by atoms with Gasteiger partial charge in [0.05, 0.1) is 97.3 Å². The molecule has 0 spiro atoms. The van der Waals surface area contributed by atoms with Crippen molar-refractivity contribution < 1.29 is 64.8 Å². The van der Waals surface area contributed by atoms with Gasteiger partial charge in [-0.25, -0.2) is 57.4 Å². The van der Waals surface area contributed by atoms with Crippen LogP contribution in [0.25, 0.3) is 19.4 Å². The maximum absolute atomic E-state index is 12.7. The normalized spacial score (nSPS) is 33.9. The number of aryl methyl sites for hydroxylation is 3. The Labute approximate surface area is 826 Å². The summed E-state index contributed by atoms with van der Waals surface area (Å²) in [6.07, 6.45) is 20.8. The van der Waals surface area contributed by atoms with Crippen LogP contribution in [0, 0.1) is 116 Å². The number of nitrogens with one attached hydrogen (secondary N) is 1. The highest BCUT2D eigenvalue weighted by Gasteiger charge is 2.70. The lowest BCUT2D eigenvalue weighted by Gasteiger charge is -2.55. The van der Waals surface area contributed by atoms with Crippen molar-refractivity contribution in [1.82, 2.24) is 60.2 Å². The molecular formula is C107H155N19O13. The quantitative estimate of drug-likeness (QED) is 0.125. The van der Waals surface area contributed by atoms with E-state index in [1.165, 1.54) is 48.7 Å². The molecule has 17 atom stereocenters. The van der Waals surface area contributed by atoms with Gasteiger partial charge in [-0.3, -0.25) is 24.0 Å². The summed E-state index contributed by atoms with van der Waals surface area (Å²) in [6.45, 7) is 73.2. The van der Waals surface area contributed by atoms with Gasteiger partial charge in [-0.05, 0) is 146 Å². The molecule has 0 radical (unpaired) electrons. The second kappa shape index (κ2) is 36.8. The van der Waals surface area contributed by atoms with Crippen LogP contribution in [0.1, 0.15) is 305 Å². The summed E-state index contributed by atoms with van der Waals surface area (Å²) in [5, 5.41) is 47.8. The average Bonchev–Trinajstić information content (AvgIpc) is 1.47. The maximum atomic E-state index is 12.7. The number of amides is 3. The molecule has 0 saturated heterocycles. The Morgan fingerprint density at radius 2 is 0.719 bits per heavy atom. The van der Waals surface area contributed by atoms with Gasteiger partial charge in [-0.15, -0.1) is 0 Å². The fraction of sp³-hybridized carbons (Fsp3) is 0.692. The molecule has 12 aliphatic carbocycles. The van der Waals surface area contributed by atoms with Crippen LogP contribution in [-0.4, -0.2) is 179 Å². The SMILES string of the molecule is C.C.CN1N=C2C(C)(CC[C@H]3C(C)(C)c4oncc4C[C@]23C)C1=O.CNO.COc1c2c(nn1C)[C@@]1(C)Cc3cnoc3C(C)(C)[C@@H]1CC2.[3H]C.[3H]C.[C-]#[N+]C1=C[C@]2(C)C3=NN(C)C(=O)C3(C)CC[C@H]2C(C)(C)C1=O.[C-]#[N+]C1=C[C@]2(C)c3nn(C)c(OC)c3CC[C@H]2C(C)(C)C1=O.[C-]#[N+]C1C[C@]2(C)C3=NN(C)C(=O)C3(C)CC[C@H]2C(C)(C)C1=O.[C-]#[N+]C1C[C@]2(C)c3nn(C)c(OC)c3CC[C@H]2C(C)(C)C1=O. The van der Waals surface area contributed by atoms with Crippen LogP contribution < -0.4 is 19.7 Å². The summed E-state index contributed by atoms with van der Waals surface area (Å²) < 4.78 is 44.7. The minimum atomic E-state index is -0.623. The summed E-state index contributed by atoms with van der Waals surface area (Å²) in [7, 11) is 19.9. The lowest BCUT2D eigenvalue weighted by Crippen LogP contribution is -2.61. The van der Waals surface area contributed by atoms with Crippen molar-refractivity contribution in [2.24, 2.45) is 126 Å². The Morgan fingerprint density at radius 1 is 0.417 bits per heavy atom. The van der Waals surface area contributed by atoms with E-state index < -0.39 is 60.8 Å². The van der Waals surface area contributed by atoms with Crippen LogP contribution in [-0.2, 0) is 114 Å². The van der Waals surface area contributed by atoms with Gasteiger partial charge >= 0.3 is 0 Å². The van der Waals surface area contributed by atoms with E-state index in [0.717, 1.165) is 158 Å². The van der Waals surface area contributed by atoms with Crippen LogP contribution in [0.5, 0.6) is 17.6 Å². The van der Waals surface area contributed by atoms with Crippen molar-refractivity contribution in [1.29, 1.82) is 0 Å². The predicted octanol–water partition coefficient (Wildman–Crippen LogP) is 18.0. The molecule has 8 heterocycles. The molecule has 5 aromatic rings. The number of hydrogen-bond acceptors (Lipinski definition) is 22. The molecule has 0 bridgehead atoms. The van der Waals surface area contributed by atoms with Crippen molar-refractivity contribution in [3.8, 4) is 17.6 Å². The second-order valence-corrected chi connectivity index (χ2v) is 46.1. The molecular weight excluding hydrogens is 1760 g/mol. The van der Waals surface area contributed by atoms with Crippen molar-refractivity contribution in [3.05, 3.63) is 138 Å². The third kappa shape index (κ3) is 15.8. The summed E-state index contributed by atoms with van der Waals surface area (Å²) in [5.41, 5.74) is 8.45. The fourth-order valence-corrected chi connectivity index (χ4v) is 29.9. The first-order valence-electron chi connectivity index (χ1n) is 49.5. The van der Waals surface area contributed by atoms with E-state index in [4.69, 9.17) is 72.8 Å². The molecule has 5 aromatic heterocycles. The van der Waals surface area contributed by atoms with E-state index in [2.05, 4.69) is 114 Å². The lowest BCUT2D eigenvalue weighted by atomic mass is 9.46. The van der Waals surface area contributed by atoms with Gasteiger partial charge in [0.25, 0.3) is 29.8 Å². The van der Waals surface area contributed by atoms with Crippen molar-refractivity contribution in [3.63, 3.8) is 0 Å². The van der Waals surface area contributed by atoms with Crippen LogP contribution in [0.2, 0.25) is 0 Å². The molecule has 5 saturated carbocycles. The number of methoxy groups -OCH3 is 3. The van der Waals surface area contributed by atoms with Gasteiger partial charge in [0.2, 0.25) is 40.6 Å². The number of Topliss-reactive ketones (excluding diaryl/α,β-unsaturated/α-hetero) is 4. The molecule has 139 heavy (non-hydrogen) atoms. The Hall–Kier alpha value is -11.1. The lowest BCUT2D eigenvalue weighted by molar-refractivity contribution is -0.141. The Morgan fingerprint density at radius 3 is 1.11 bits per heavy atom. The van der Waals surface area contributed by atoms with Crippen LogP contribution >= 0.6 is 0 Å². The van der Waals surface area contributed by atoms with Crippen LogP contribution in [0.15, 0.2) is 60.3 Å². The molecule has 32 heteroatoms. The first kappa shape index (κ1) is 107. The summed E-state index contributed by atoms with van der Waals surface area (Å²) in [6, 6.07) is -1.18. The van der Waals surface area contributed by atoms with E-state index in [9.17, 15) is 33.6 Å². The third-order valence-electron chi connectivity index (χ3n) is 36.0. The van der Waals surface area contributed by atoms with E-state index in [0.29, 0.717) is 31.1 Å². The van der Waals surface area contributed by atoms with Gasteiger partial charge in [-0.2, -0.15) is 30.6 Å². The molecule has 15 aliphatic rings. The number of allylic oxidation sites excluding steroid dienone is 4. The Kier molecular flexibility index (Phi) is 28.2. The number of ether oxygens (including phenoxy) is 3. The Balaban J connectivity index is 0.000000171. The number of aromatic nitrogens is 8. The minimum absolute atomic E-state index is 0. The number of carbonyl (C=O) groups is 7. The summed E-state index contributed by atoms with van der Waals surface area (Å²) >= 11 is 0. The standard InChI is InChI=1S/3C17H23N3O2.C17H21N3O2.C17H23N3O2.C17H21N3O2.CH5NO.4CH4/c1-15(2)11-6-7-16(3)13(19-20(5)14(16)21)17(11,4)8-10-9-18-22-12(10)15;1-16(2)12-7-6-11-13(19-20(4)15(11)21-5)17(12,3)8-10-9-18-22-14(10)16;2*1-15(2)11-7-8-16(3)13(19-20(6)14(16)22)17(11,4)9-10(18-5)12(15)21;2*1-16(2)12-8-7-10-13(19-20(5)15(10)22-6)17(12,3)9-11(18-4)14(16)21;1-2-3;;;;/h9,11H,6-8H2,1-5H3;9,12H,6-8H2,1-5H3;10-11H,7-9H2,1-4,6H3;9,11H,7-8H2,1-4,6H3;11-12H,7-9H2,1-3,5-6H3;9,12H,7-8H2,1-3,5-6H3;2-3H,1H3;4*1H4/t11-,16?,17-;12-,17-;10?,11-,16?,17-;11-,16?,17-;11?,12-,17-;12-,17-;;;;;/m000000...../s1/i;;;;;;;2*1T;;. The molecule has 5 fully saturated rings. The highest BCUT2D eigenvalue weighted by Crippen LogP contribution is 2.67. The number of hydrazone groups is 3. The van der Waals surface area contributed by atoms with Gasteiger partial charge in [0.1, 0.15) is 11.5 Å². The van der Waals surface area contributed by atoms with Gasteiger partial charge in [-0.1, -0.05) is 177 Å². The molecule has 20 rings (SSSR count). The third-order valence-corrected chi connectivity index (χ3v) is 36.0. The molecule has 32 nitrogen and oxygen atoms in total. The minimum Gasteiger partial charge on any atom is -0.481 e. The van der Waals surface area contributed by atoms with Crippen LogP contribution in [0.3, 0.4) is 0 Å². The topological polar surface area (TPSA) is 349 Å². The van der Waals surface area contributed by atoms with Gasteiger partial charge in [0.15, 0.2) is 11.6 Å². The number of hydroxylamine groups is 1. The highest BCUT2D eigenvalue weighted by atomic mass is 16.5. The number of fused-ring (bicyclic) bond motifs is 20. The van der Waals surface area contributed by atoms with E-state index in [1.807, 2.05) is 120 Å². The number of rotatable bonds is 3. The molecule has 3 amide bonds. The zero-order valence-electron chi connectivity index (χ0n) is 89.1. The van der Waals surface area contributed by atoms with Gasteiger partial charge < -0.3 is 47.7 Å². The monoisotopic (exact) mass is 1920 g/mol. The highest BCUT2D eigenvalue weighted by molar-refractivity contribution is 6.18. The number of ketones is 4. The summed E-state index contributed by atoms with van der Waals surface area (Å²) in [5.74, 6) is 6.21. The first-order chi connectivity index (χ1) is 64.7. The largest absolute Gasteiger partial charge is 0.481 e. The second-order valence-electron chi connectivity index (χ2n) is 46.1. The van der Waals surface area contributed by atoms with Crippen LogP contribution in [0.4, 0.5) is 0 Å². The predicted molar refractivity (Wildman–Crippen MR) is 533 cm³/mol. The zero-order chi connectivity index (χ0) is 104. The molecule has 2 N–H and O–H groups in total. The molecule has 3 aliphatic heterocycles. The summed E-state index contributed by atoms with van der Waals surface area (Å²) in [4.78, 5) is 102. The average molecular weight is 1920 g/mol. The van der Waals surface area contributed by atoms with Gasteiger partial charge in [0, 0.05) is 158 Å². The van der Waals surface area contributed by atoms with E-state index >= 15 is 0 Å². The molecule has 756 valence electrons. The maximum Gasteiger partial charge on any atom is 0.282 e. The van der Waals surface area contributed by atoms with Crippen molar-refractivity contribution in [2.45, 2.75) is 317 Å². The molecule has 5 unspecified atom stereocenters. The zero-order valence-corrected chi connectivity index (χ0v) is 87.1. The number of nitrogens with zero attached hydrogens (tertiary/aromatic N) is 18. The molecule has 0 aromatic carbocycles. The number of carbonyl (C=O) groups excluding carboxylic acids is 7. The fourth-order valence-electron chi connectivity index (χ4n) is 29.9. The smallest absolute Gasteiger partial charge is 0.282 e. The van der Waals surface area contributed by atoms with Crippen molar-refractivity contribution in [2.75, 3.05) is 49.5 Å². The van der Waals surface area contributed by atoms with E-state index in [1.54, 1.807) is 68.4 Å². The first-order valence-corrected chi connectivity index (χ1v) is 47.5. The number of hydrogen-bond donors (Lipinski definition) is 2. The van der Waals surface area contributed by atoms with E-state index in [-0.39, 0.29) is 123 Å².